The van der Waals surface area contributed by atoms with E-state index in [1.807, 2.05) is 19.5 Å². The standard InChI is InChI=1S/C29H26F3N7O3S.CH2O2/c1-17-24(26(40)42-4)25(23-9-8-18(12-33)10-19(23)13-39(2,3)14-21-15-43-16-34-21)38-27(35-36-28(38)41)37(17)22-7-5-6-20(11-22)29(30,31)32;2-1-3/h5-11,15-16,25H,13-14H2,1-4H3;1H,(H,2,3)/t25-;/m1./s1. The quantitative estimate of drug-likeness (QED) is 0.179. The number of allylic oxidation sites excluding steroid dienone is 1. The highest BCUT2D eigenvalue weighted by Gasteiger charge is 2.41. The fourth-order valence-electron chi connectivity index (χ4n) is 5.43. The highest BCUT2D eigenvalue weighted by molar-refractivity contribution is 7.07. The first-order valence-corrected chi connectivity index (χ1v) is 14.4. The molecule has 0 saturated carbocycles. The highest BCUT2D eigenvalue weighted by atomic mass is 32.1. The molecule has 0 fully saturated rings. The zero-order chi connectivity index (χ0) is 33.8. The Balaban J connectivity index is 0.00000154. The van der Waals surface area contributed by atoms with E-state index in [1.165, 1.54) is 40.0 Å². The number of rotatable bonds is 7. The number of hydrogen-bond acceptors (Lipinski definition) is 10. The molecule has 0 radical (unpaired) electrons. The number of ether oxygens (including phenoxy) is 1. The average molecular weight is 656 g/mol. The summed E-state index contributed by atoms with van der Waals surface area (Å²) in [4.78, 5) is 40.7. The van der Waals surface area contributed by atoms with Gasteiger partial charge in [-0.1, -0.05) is 12.1 Å². The molecule has 1 N–H and O–H groups in total. The van der Waals surface area contributed by atoms with Gasteiger partial charge < -0.3 is 19.1 Å². The SMILES string of the molecule is COC(=O)C1=C(C)N(c2cccc(C(F)(F)F)c2)c2n[nH]c(=O)n2[C@@H]1c1ccc(C#N)cc1C[N+](C)(C)Cc1cscn1.O=C[O-]. The molecule has 0 amide bonds. The molecule has 1 atom stereocenters. The number of aromatic amines is 1. The smallest absolute Gasteiger partial charge is 0.416 e. The third-order valence-corrected chi connectivity index (χ3v) is 7.85. The number of carbonyl (C=O) groups is 2. The van der Waals surface area contributed by atoms with Crippen molar-refractivity contribution in [3.63, 3.8) is 0 Å². The summed E-state index contributed by atoms with van der Waals surface area (Å²) in [6.45, 7) is 2.03. The van der Waals surface area contributed by atoms with Gasteiger partial charge in [-0.2, -0.15) is 18.4 Å². The maximum absolute atomic E-state index is 13.6. The lowest BCUT2D eigenvalue weighted by atomic mass is 9.89. The molecule has 1 aliphatic rings. The molecule has 16 heteroatoms. The molecule has 46 heavy (non-hydrogen) atoms. The number of quaternary nitrogens is 1. The van der Waals surface area contributed by atoms with E-state index in [-0.39, 0.29) is 22.9 Å². The van der Waals surface area contributed by atoms with Gasteiger partial charge in [-0.3, -0.25) is 4.90 Å². The molecular formula is C30H28F3N7O5S. The van der Waals surface area contributed by atoms with Crippen LogP contribution in [0.1, 0.15) is 40.9 Å². The first kappa shape index (κ1) is 33.6. The zero-order valence-electron chi connectivity index (χ0n) is 25.0. The second kappa shape index (κ2) is 13.4. The average Bonchev–Trinajstić information content (AvgIpc) is 3.65. The summed E-state index contributed by atoms with van der Waals surface area (Å²) in [5.41, 5.74) is 2.97. The number of nitrogens with zero attached hydrogens (tertiary/aromatic N) is 6. The van der Waals surface area contributed by atoms with Gasteiger partial charge in [0.1, 0.15) is 24.8 Å². The van der Waals surface area contributed by atoms with Crippen molar-refractivity contribution < 1.29 is 37.1 Å². The third-order valence-electron chi connectivity index (χ3n) is 7.22. The third kappa shape index (κ3) is 6.85. The predicted octanol–water partition coefficient (Wildman–Crippen LogP) is 3.25. The number of alkyl halides is 3. The molecule has 0 spiro atoms. The molecule has 2 aromatic carbocycles. The van der Waals surface area contributed by atoms with Gasteiger partial charge in [-0.05, 0) is 42.8 Å². The van der Waals surface area contributed by atoms with Gasteiger partial charge >= 0.3 is 17.8 Å². The Hall–Kier alpha value is -5.27. The summed E-state index contributed by atoms with van der Waals surface area (Å²) < 4.78 is 47.7. The van der Waals surface area contributed by atoms with E-state index >= 15 is 0 Å². The fourth-order valence-corrected chi connectivity index (χ4v) is 5.98. The topological polar surface area (TPSA) is 157 Å². The number of carboxylic acid groups (broad SMARTS) is 1. The maximum Gasteiger partial charge on any atom is 0.416 e. The van der Waals surface area contributed by atoms with Crippen LogP contribution in [0.2, 0.25) is 0 Å². The summed E-state index contributed by atoms with van der Waals surface area (Å²) >= 11 is 1.48. The van der Waals surface area contributed by atoms with Crippen molar-refractivity contribution in [2.24, 2.45) is 0 Å². The van der Waals surface area contributed by atoms with Crippen LogP contribution in [0.4, 0.5) is 24.8 Å². The second-order valence-corrected chi connectivity index (χ2v) is 11.5. The van der Waals surface area contributed by atoms with E-state index in [2.05, 4.69) is 21.3 Å². The molecule has 0 bridgehead atoms. The Kier molecular flexibility index (Phi) is 9.78. The Morgan fingerprint density at radius 3 is 2.57 bits per heavy atom. The molecule has 240 valence electrons. The summed E-state index contributed by atoms with van der Waals surface area (Å²) in [5.74, 6) is -0.782. The molecule has 2 aromatic heterocycles. The minimum absolute atomic E-state index is 0.00832. The maximum atomic E-state index is 13.6. The fraction of sp³-hybridized carbons (Fsp3) is 0.267. The lowest BCUT2D eigenvalue weighted by molar-refractivity contribution is -0.917. The van der Waals surface area contributed by atoms with E-state index in [0.29, 0.717) is 34.3 Å². The lowest BCUT2D eigenvalue weighted by Gasteiger charge is -2.37. The van der Waals surface area contributed by atoms with Gasteiger partial charge in [0.25, 0.3) is 0 Å². The summed E-state index contributed by atoms with van der Waals surface area (Å²) in [6.07, 6.45) is -4.62. The van der Waals surface area contributed by atoms with Crippen LogP contribution in [0.3, 0.4) is 0 Å². The lowest BCUT2D eigenvalue weighted by Crippen LogP contribution is -2.40. The van der Waals surface area contributed by atoms with Crippen molar-refractivity contribution >= 4 is 35.4 Å². The molecule has 4 aromatic rings. The van der Waals surface area contributed by atoms with E-state index in [9.17, 15) is 28.0 Å². The monoisotopic (exact) mass is 655 g/mol. The number of halogens is 3. The number of benzene rings is 2. The first-order chi connectivity index (χ1) is 21.8. The van der Waals surface area contributed by atoms with Crippen molar-refractivity contribution in [3.05, 3.63) is 103 Å². The summed E-state index contributed by atoms with van der Waals surface area (Å²) in [6, 6.07) is 10.6. The number of hydrogen-bond donors (Lipinski definition) is 1. The van der Waals surface area contributed by atoms with Gasteiger partial charge in [0, 0.05) is 28.8 Å². The van der Waals surface area contributed by atoms with Crippen molar-refractivity contribution in [1.82, 2.24) is 19.7 Å². The predicted molar refractivity (Wildman–Crippen MR) is 158 cm³/mol. The number of H-pyrrole nitrogens is 1. The number of fused-ring (bicyclic) bond motifs is 1. The molecule has 0 saturated heterocycles. The van der Waals surface area contributed by atoms with Crippen LogP contribution in [0, 0.1) is 11.3 Å². The zero-order valence-corrected chi connectivity index (χ0v) is 25.8. The van der Waals surface area contributed by atoms with Crippen LogP contribution in [-0.4, -0.2) is 57.9 Å². The van der Waals surface area contributed by atoms with E-state index in [0.717, 1.165) is 17.8 Å². The van der Waals surface area contributed by atoms with Crippen molar-refractivity contribution in [3.8, 4) is 6.07 Å². The highest BCUT2D eigenvalue weighted by Crippen LogP contribution is 2.44. The number of anilines is 2. The number of nitrogens with one attached hydrogen (secondary N) is 1. The summed E-state index contributed by atoms with van der Waals surface area (Å²) in [7, 11) is 5.18. The van der Waals surface area contributed by atoms with E-state index < -0.39 is 35.9 Å². The van der Waals surface area contributed by atoms with Gasteiger partial charge in [0.15, 0.2) is 0 Å². The minimum atomic E-state index is -4.62. The van der Waals surface area contributed by atoms with Crippen molar-refractivity contribution in [2.45, 2.75) is 32.2 Å². The Morgan fingerprint density at radius 2 is 1.96 bits per heavy atom. The Labute approximate surface area is 264 Å². The Bertz CT molecular complexity index is 1870. The van der Waals surface area contributed by atoms with Crippen LogP contribution >= 0.6 is 11.3 Å². The van der Waals surface area contributed by atoms with Crippen LogP contribution in [0.15, 0.2) is 69.4 Å². The van der Waals surface area contributed by atoms with Gasteiger partial charge in [0.05, 0.1) is 49.5 Å². The van der Waals surface area contributed by atoms with Crippen LogP contribution in [-0.2, 0) is 33.6 Å². The Morgan fingerprint density at radius 1 is 1.24 bits per heavy atom. The number of thiazole rings is 1. The van der Waals surface area contributed by atoms with Crippen LogP contribution in [0.25, 0.3) is 0 Å². The van der Waals surface area contributed by atoms with Gasteiger partial charge in [0.2, 0.25) is 5.95 Å². The first-order valence-electron chi connectivity index (χ1n) is 13.5. The normalized spacial score (nSPS) is 14.6. The largest absolute Gasteiger partial charge is 0.554 e. The number of nitriles is 1. The molecule has 12 nitrogen and oxygen atoms in total. The molecule has 0 aliphatic carbocycles. The van der Waals surface area contributed by atoms with Gasteiger partial charge in [-0.15, -0.1) is 16.4 Å². The van der Waals surface area contributed by atoms with Crippen LogP contribution < -0.4 is 15.7 Å². The molecule has 5 rings (SSSR count). The molecular weight excluding hydrogens is 627 g/mol. The van der Waals surface area contributed by atoms with E-state index in [1.54, 1.807) is 30.6 Å². The second-order valence-electron chi connectivity index (χ2n) is 10.8. The number of methoxy groups -OCH3 is 1. The molecule has 3 heterocycles. The molecule has 1 aliphatic heterocycles. The number of esters is 1. The summed E-state index contributed by atoms with van der Waals surface area (Å²) in [5, 5.41) is 26.5. The number of aromatic nitrogens is 4. The van der Waals surface area contributed by atoms with Crippen molar-refractivity contribution in [1.29, 1.82) is 5.26 Å². The molecule has 0 unspecified atom stereocenters. The van der Waals surface area contributed by atoms with Crippen LogP contribution in [0.5, 0.6) is 0 Å². The number of carbonyl (C=O) groups excluding carboxylic acids is 2. The van der Waals surface area contributed by atoms with Gasteiger partial charge in [-0.25, -0.2) is 24.2 Å². The van der Waals surface area contributed by atoms with E-state index in [4.69, 9.17) is 14.6 Å². The minimum Gasteiger partial charge on any atom is -0.554 e. The van der Waals surface area contributed by atoms with Crippen molar-refractivity contribution in [2.75, 3.05) is 26.1 Å².